The first-order chi connectivity index (χ1) is 8.27. The van der Waals surface area contributed by atoms with Crippen molar-refractivity contribution in [2.24, 2.45) is 0 Å². The van der Waals surface area contributed by atoms with Crippen LogP contribution in [0.1, 0.15) is 55.5 Å². The first-order valence-corrected chi connectivity index (χ1v) is 6.71. The maximum Gasteiger partial charge on any atom is 0.0807 e. The highest BCUT2D eigenvalue weighted by Gasteiger charge is 2.19. The Bertz CT molecular complexity index is 381. The minimum Gasteiger partial charge on any atom is -0.388 e. The van der Waals surface area contributed by atoms with Gasteiger partial charge in [0, 0.05) is 0 Å². The molecule has 1 unspecified atom stereocenters. The zero-order chi connectivity index (χ0) is 13.9. The second-order valence-corrected chi connectivity index (χ2v) is 6.18. The first kappa shape index (κ1) is 15.2. The molecule has 2 heteroatoms. The Labute approximate surface area is 111 Å². The van der Waals surface area contributed by atoms with E-state index in [9.17, 15) is 5.11 Å². The molecular formula is C16H27NO. The Morgan fingerprint density at radius 3 is 2.06 bits per heavy atom. The van der Waals surface area contributed by atoms with Gasteiger partial charge in [-0.15, -0.1) is 0 Å². The molecule has 102 valence electrons. The number of aryl methyl sites for hydroxylation is 2. The van der Waals surface area contributed by atoms with Crippen molar-refractivity contribution in [1.29, 1.82) is 0 Å². The highest BCUT2D eigenvalue weighted by Crippen LogP contribution is 2.30. The van der Waals surface area contributed by atoms with E-state index in [1.165, 1.54) is 16.7 Å². The predicted molar refractivity (Wildman–Crippen MR) is 78.1 cm³/mol. The van der Waals surface area contributed by atoms with Crippen molar-refractivity contribution >= 4 is 0 Å². The molecule has 0 aromatic heterocycles. The van der Waals surface area contributed by atoms with Crippen LogP contribution in [0.4, 0.5) is 0 Å². The zero-order valence-corrected chi connectivity index (χ0v) is 12.6. The smallest absolute Gasteiger partial charge is 0.0807 e. The molecule has 2 N–H and O–H groups in total. The lowest BCUT2D eigenvalue weighted by molar-refractivity contribution is 0.166. The summed E-state index contributed by atoms with van der Waals surface area (Å²) in [5.74, 6) is 0. The second kappa shape index (κ2) is 5.85. The molecule has 0 fully saturated rings. The van der Waals surface area contributed by atoms with Crippen LogP contribution in [0.15, 0.2) is 12.1 Å². The van der Waals surface area contributed by atoms with Gasteiger partial charge in [-0.3, -0.25) is 0 Å². The van der Waals surface area contributed by atoms with E-state index in [1.807, 2.05) is 7.05 Å². The summed E-state index contributed by atoms with van der Waals surface area (Å²) in [6, 6.07) is 4.43. The quantitative estimate of drug-likeness (QED) is 0.858. The molecule has 0 heterocycles. The molecule has 18 heavy (non-hydrogen) atoms. The Balaban J connectivity index is 3.09. The first-order valence-electron chi connectivity index (χ1n) is 6.71. The number of rotatable bonds is 4. The van der Waals surface area contributed by atoms with Crippen LogP contribution in [0.3, 0.4) is 0 Å². The molecule has 0 spiro atoms. The van der Waals surface area contributed by atoms with E-state index < -0.39 is 0 Å². The molecule has 1 aromatic rings. The lowest BCUT2D eigenvalue weighted by Crippen LogP contribution is -2.16. The van der Waals surface area contributed by atoms with Crippen molar-refractivity contribution < 1.29 is 5.11 Å². The van der Waals surface area contributed by atoms with Crippen molar-refractivity contribution in [1.82, 2.24) is 5.32 Å². The standard InChI is InChI=1S/C16H27NO/c1-11-9-13(16(3,4)5)10-12(2)15(11)14(18)7-8-17-6/h9-10,14,17-18H,7-8H2,1-6H3. The largest absolute Gasteiger partial charge is 0.388 e. The van der Waals surface area contributed by atoms with Crippen LogP contribution in [0.5, 0.6) is 0 Å². The fraction of sp³-hybridized carbons (Fsp3) is 0.625. The summed E-state index contributed by atoms with van der Waals surface area (Å²) in [5.41, 5.74) is 4.98. The van der Waals surface area contributed by atoms with Crippen LogP contribution in [-0.2, 0) is 5.41 Å². The highest BCUT2D eigenvalue weighted by molar-refractivity contribution is 5.41. The Morgan fingerprint density at radius 1 is 1.17 bits per heavy atom. The molecule has 0 saturated heterocycles. The van der Waals surface area contributed by atoms with Crippen LogP contribution in [0, 0.1) is 13.8 Å². The fourth-order valence-electron chi connectivity index (χ4n) is 2.36. The molecule has 1 rings (SSSR count). The number of aliphatic hydroxyl groups excluding tert-OH is 1. The highest BCUT2D eigenvalue weighted by atomic mass is 16.3. The maximum absolute atomic E-state index is 10.3. The van der Waals surface area contributed by atoms with Gasteiger partial charge in [0.05, 0.1) is 6.10 Å². The van der Waals surface area contributed by atoms with Crippen LogP contribution >= 0.6 is 0 Å². The van der Waals surface area contributed by atoms with E-state index in [-0.39, 0.29) is 11.5 Å². The number of aliphatic hydroxyl groups is 1. The van der Waals surface area contributed by atoms with Crippen molar-refractivity contribution in [3.63, 3.8) is 0 Å². The molecule has 0 aliphatic rings. The van der Waals surface area contributed by atoms with Crippen molar-refractivity contribution in [2.75, 3.05) is 13.6 Å². The molecule has 0 aliphatic heterocycles. The third kappa shape index (κ3) is 3.56. The van der Waals surface area contributed by atoms with Gasteiger partial charge in [0.15, 0.2) is 0 Å². The number of hydrogen-bond donors (Lipinski definition) is 2. The van der Waals surface area contributed by atoms with Crippen molar-refractivity contribution in [3.8, 4) is 0 Å². The summed E-state index contributed by atoms with van der Waals surface area (Å²) < 4.78 is 0. The van der Waals surface area contributed by atoms with Gasteiger partial charge >= 0.3 is 0 Å². The number of nitrogens with one attached hydrogen (secondary N) is 1. The van der Waals surface area contributed by atoms with Gasteiger partial charge < -0.3 is 10.4 Å². The van der Waals surface area contributed by atoms with Gasteiger partial charge in [0.25, 0.3) is 0 Å². The van der Waals surface area contributed by atoms with Gasteiger partial charge in [-0.25, -0.2) is 0 Å². The lowest BCUT2D eigenvalue weighted by atomic mass is 9.83. The van der Waals surface area contributed by atoms with E-state index >= 15 is 0 Å². The molecule has 0 radical (unpaired) electrons. The summed E-state index contributed by atoms with van der Waals surface area (Å²) in [5, 5.41) is 13.3. The minimum absolute atomic E-state index is 0.157. The van der Waals surface area contributed by atoms with Gasteiger partial charge in [-0.1, -0.05) is 32.9 Å². The van der Waals surface area contributed by atoms with E-state index in [0.717, 1.165) is 18.5 Å². The monoisotopic (exact) mass is 249 g/mol. The number of hydrogen-bond acceptors (Lipinski definition) is 2. The average Bonchev–Trinajstić information content (AvgIpc) is 2.24. The fourth-order valence-corrected chi connectivity index (χ4v) is 2.36. The molecule has 1 atom stereocenters. The molecule has 2 nitrogen and oxygen atoms in total. The zero-order valence-electron chi connectivity index (χ0n) is 12.6. The van der Waals surface area contributed by atoms with Crippen LogP contribution in [-0.4, -0.2) is 18.7 Å². The minimum atomic E-state index is -0.369. The second-order valence-electron chi connectivity index (χ2n) is 6.18. The Hall–Kier alpha value is -0.860. The maximum atomic E-state index is 10.3. The third-order valence-electron chi connectivity index (χ3n) is 3.46. The normalized spacial score (nSPS) is 13.7. The molecule has 0 bridgehead atoms. The molecule has 0 aliphatic carbocycles. The molecule has 0 amide bonds. The molecular weight excluding hydrogens is 222 g/mol. The lowest BCUT2D eigenvalue weighted by Gasteiger charge is -2.24. The summed E-state index contributed by atoms with van der Waals surface area (Å²) in [7, 11) is 1.91. The molecule has 1 aromatic carbocycles. The van der Waals surface area contributed by atoms with E-state index in [0.29, 0.717) is 0 Å². The third-order valence-corrected chi connectivity index (χ3v) is 3.46. The Morgan fingerprint density at radius 2 is 1.67 bits per heavy atom. The van der Waals surface area contributed by atoms with Gasteiger partial charge in [-0.2, -0.15) is 0 Å². The topological polar surface area (TPSA) is 32.3 Å². The van der Waals surface area contributed by atoms with Crippen molar-refractivity contribution in [3.05, 3.63) is 34.4 Å². The van der Waals surface area contributed by atoms with Crippen LogP contribution < -0.4 is 5.32 Å². The van der Waals surface area contributed by atoms with Crippen LogP contribution in [0.25, 0.3) is 0 Å². The Kier molecular flexibility index (Phi) is 4.94. The van der Waals surface area contributed by atoms with E-state index in [4.69, 9.17) is 0 Å². The average molecular weight is 249 g/mol. The van der Waals surface area contributed by atoms with E-state index in [1.54, 1.807) is 0 Å². The predicted octanol–water partition coefficient (Wildman–Crippen LogP) is 3.24. The van der Waals surface area contributed by atoms with Gasteiger partial charge in [0.1, 0.15) is 0 Å². The summed E-state index contributed by atoms with van der Waals surface area (Å²) in [6.45, 7) is 11.7. The summed E-state index contributed by atoms with van der Waals surface area (Å²) in [6.07, 6.45) is 0.388. The summed E-state index contributed by atoms with van der Waals surface area (Å²) >= 11 is 0. The van der Waals surface area contributed by atoms with E-state index in [2.05, 4.69) is 52.1 Å². The van der Waals surface area contributed by atoms with Crippen molar-refractivity contribution in [2.45, 2.75) is 52.6 Å². The SMILES string of the molecule is CNCCC(O)c1c(C)cc(C(C)(C)C)cc1C. The van der Waals surface area contributed by atoms with Crippen LogP contribution in [0.2, 0.25) is 0 Å². The number of benzene rings is 1. The van der Waals surface area contributed by atoms with Gasteiger partial charge in [0.2, 0.25) is 0 Å². The summed E-state index contributed by atoms with van der Waals surface area (Å²) in [4.78, 5) is 0. The van der Waals surface area contributed by atoms with Gasteiger partial charge in [-0.05, 0) is 61.5 Å². The molecule has 0 saturated carbocycles.